The standard InChI is InChI=1S/C31H43N3O5/c1-31(2,37-3)27-18-26-22(20-39-27)8-6-11-25(26)28(30(35)36)34-16-14-24(19-34)38-17-5-4-10-23-13-12-21-9-7-15-32-29(21)33-23/h6,8,11-13,24,27-28H,4-5,7,9-10,14-20H2,1-3H3,(H,32,33)(H,35,36)/t24-,27?,28-/m1/s1. The quantitative estimate of drug-likeness (QED) is 0.404. The molecule has 0 radical (unpaired) electrons. The third-order valence-electron chi connectivity index (χ3n) is 8.64. The number of hydrogen-bond donors (Lipinski definition) is 2. The van der Waals surface area contributed by atoms with Crippen LogP contribution in [-0.4, -0.2) is 72.1 Å². The minimum Gasteiger partial charge on any atom is -0.480 e. The Morgan fingerprint density at radius 1 is 1.26 bits per heavy atom. The summed E-state index contributed by atoms with van der Waals surface area (Å²) in [6, 6.07) is 9.63. The third kappa shape index (κ3) is 6.46. The van der Waals surface area contributed by atoms with Gasteiger partial charge in [-0.2, -0.15) is 0 Å². The molecule has 0 bridgehead atoms. The van der Waals surface area contributed by atoms with Crippen LogP contribution in [-0.2, 0) is 44.9 Å². The van der Waals surface area contributed by atoms with Crippen molar-refractivity contribution in [3.8, 4) is 0 Å². The summed E-state index contributed by atoms with van der Waals surface area (Å²) in [7, 11) is 1.69. The molecule has 3 aliphatic rings. The topological polar surface area (TPSA) is 93.2 Å². The number of aryl methyl sites for hydroxylation is 2. The lowest BCUT2D eigenvalue weighted by molar-refractivity contribution is -0.143. The Labute approximate surface area is 232 Å². The molecule has 1 aromatic heterocycles. The van der Waals surface area contributed by atoms with E-state index >= 15 is 0 Å². The number of nitrogens with one attached hydrogen (secondary N) is 1. The molecule has 1 aromatic carbocycles. The van der Waals surface area contributed by atoms with Crippen molar-refractivity contribution in [1.82, 2.24) is 9.88 Å². The fraction of sp³-hybridized carbons (Fsp3) is 0.613. The molecule has 3 aliphatic heterocycles. The highest BCUT2D eigenvalue weighted by Gasteiger charge is 2.39. The number of benzene rings is 1. The van der Waals surface area contributed by atoms with Gasteiger partial charge in [0, 0.05) is 45.5 Å². The summed E-state index contributed by atoms with van der Waals surface area (Å²) in [5.74, 6) is 0.240. The van der Waals surface area contributed by atoms with Crippen molar-refractivity contribution in [2.24, 2.45) is 0 Å². The minimum atomic E-state index is -0.815. The number of pyridine rings is 1. The second-order valence-corrected chi connectivity index (χ2v) is 11.6. The Bertz CT molecular complexity index is 1150. The normalized spacial score (nSPS) is 22.1. The van der Waals surface area contributed by atoms with Gasteiger partial charge in [-0.15, -0.1) is 0 Å². The van der Waals surface area contributed by atoms with Crippen LogP contribution < -0.4 is 5.32 Å². The molecule has 5 rings (SSSR count). The predicted molar refractivity (Wildman–Crippen MR) is 150 cm³/mol. The molecule has 2 aromatic rings. The van der Waals surface area contributed by atoms with Crippen LogP contribution in [0.5, 0.6) is 0 Å². The van der Waals surface area contributed by atoms with Crippen molar-refractivity contribution in [1.29, 1.82) is 0 Å². The van der Waals surface area contributed by atoms with Crippen molar-refractivity contribution >= 4 is 11.8 Å². The number of hydrogen-bond acceptors (Lipinski definition) is 7. The van der Waals surface area contributed by atoms with Gasteiger partial charge in [-0.25, -0.2) is 4.98 Å². The van der Waals surface area contributed by atoms with Gasteiger partial charge in [-0.05, 0) is 80.7 Å². The Morgan fingerprint density at radius 2 is 2.13 bits per heavy atom. The molecule has 1 fully saturated rings. The average molecular weight is 538 g/mol. The van der Waals surface area contributed by atoms with E-state index in [0.29, 0.717) is 32.7 Å². The van der Waals surface area contributed by atoms with Crippen LogP contribution in [0.4, 0.5) is 5.82 Å². The number of anilines is 1. The maximum Gasteiger partial charge on any atom is 0.325 e. The monoisotopic (exact) mass is 537 g/mol. The van der Waals surface area contributed by atoms with E-state index in [1.54, 1.807) is 7.11 Å². The van der Waals surface area contributed by atoms with E-state index in [1.165, 1.54) is 12.0 Å². The molecule has 2 N–H and O–H groups in total. The molecule has 3 atom stereocenters. The molecule has 8 nitrogen and oxygen atoms in total. The largest absolute Gasteiger partial charge is 0.480 e. The van der Waals surface area contributed by atoms with Gasteiger partial charge < -0.3 is 24.6 Å². The first kappa shape index (κ1) is 28.0. The predicted octanol–water partition coefficient (Wildman–Crippen LogP) is 4.55. The highest BCUT2D eigenvalue weighted by molar-refractivity contribution is 5.76. The third-order valence-corrected chi connectivity index (χ3v) is 8.64. The van der Waals surface area contributed by atoms with Crippen LogP contribution >= 0.6 is 0 Å². The molecule has 0 aliphatic carbocycles. The van der Waals surface area contributed by atoms with E-state index in [0.717, 1.165) is 66.9 Å². The first-order valence-electron chi connectivity index (χ1n) is 14.4. The van der Waals surface area contributed by atoms with Crippen molar-refractivity contribution in [3.63, 3.8) is 0 Å². The summed E-state index contributed by atoms with van der Waals surface area (Å²) < 4.78 is 18.0. The van der Waals surface area contributed by atoms with Gasteiger partial charge in [0.05, 0.1) is 24.4 Å². The van der Waals surface area contributed by atoms with E-state index in [4.69, 9.17) is 19.2 Å². The minimum absolute atomic E-state index is 0.0564. The van der Waals surface area contributed by atoms with E-state index in [2.05, 4.69) is 22.3 Å². The fourth-order valence-electron chi connectivity index (χ4n) is 6.08. The van der Waals surface area contributed by atoms with Crippen molar-refractivity contribution in [2.45, 2.75) is 89.3 Å². The Balaban J connectivity index is 1.14. The van der Waals surface area contributed by atoms with Gasteiger partial charge in [0.2, 0.25) is 0 Å². The first-order chi connectivity index (χ1) is 18.9. The van der Waals surface area contributed by atoms with Crippen molar-refractivity contribution in [2.75, 3.05) is 38.7 Å². The van der Waals surface area contributed by atoms with E-state index in [-0.39, 0.29) is 12.2 Å². The second kappa shape index (κ2) is 12.3. The highest BCUT2D eigenvalue weighted by atomic mass is 16.5. The number of nitrogens with zero attached hydrogens (tertiary/aromatic N) is 2. The number of aliphatic carboxylic acids is 1. The fourth-order valence-corrected chi connectivity index (χ4v) is 6.08. The number of carbonyl (C=O) groups is 1. The molecular weight excluding hydrogens is 494 g/mol. The molecule has 0 amide bonds. The maximum absolute atomic E-state index is 12.6. The molecule has 0 spiro atoms. The molecule has 4 heterocycles. The molecule has 8 heteroatoms. The zero-order chi connectivity index (χ0) is 27.4. The molecule has 212 valence electrons. The number of methoxy groups -OCH3 is 1. The van der Waals surface area contributed by atoms with Gasteiger partial charge in [0.15, 0.2) is 0 Å². The van der Waals surface area contributed by atoms with Gasteiger partial charge in [0.25, 0.3) is 0 Å². The van der Waals surface area contributed by atoms with Crippen LogP contribution in [0.2, 0.25) is 0 Å². The number of aromatic nitrogens is 1. The number of carboxylic acids is 1. The summed E-state index contributed by atoms with van der Waals surface area (Å²) in [4.78, 5) is 19.4. The molecular formula is C31H43N3O5. The van der Waals surface area contributed by atoms with Gasteiger partial charge in [-0.3, -0.25) is 9.69 Å². The summed E-state index contributed by atoms with van der Waals surface area (Å²) >= 11 is 0. The van der Waals surface area contributed by atoms with Gasteiger partial charge in [-0.1, -0.05) is 24.3 Å². The number of ether oxygens (including phenoxy) is 3. The lowest BCUT2D eigenvalue weighted by Gasteiger charge is -2.38. The molecule has 39 heavy (non-hydrogen) atoms. The van der Waals surface area contributed by atoms with Crippen LogP contribution in [0.25, 0.3) is 0 Å². The number of rotatable bonds is 11. The molecule has 1 unspecified atom stereocenters. The zero-order valence-corrected chi connectivity index (χ0v) is 23.6. The Morgan fingerprint density at radius 3 is 2.95 bits per heavy atom. The van der Waals surface area contributed by atoms with Gasteiger partial charge in [0.1, 0.15) is 11.9 Å². The lowest BCUT2D eigenvalue weighted by Crippen LogP contribution is -2.44. The highest BCUT2D eigenvalue weighted by Crippen LogP contribution is 2.36. The van der Waals surface area contributed by atoms with E-state index < -0.39 is 17.6 Å². The summed E-state index contributed by atoms with van der Waals surface area (Å²) in [6.07, 6.45) is 6.63. The lowest BCUT2D eigenvalue weighted by atomic mass is 9.85. The summed E-state index contributed by atoms with van der Waals surface area (Å²) in [6.45, 7) is 7.53. The summed E-state index contributed by atoms with van der Waals surface area (Å²) in [5, 5.41) is 13.7. The van der Waals surface area contributed by atoms with Crippen molar-refractivity contribution < 1.29 is 24.1 Å². The van der Waals surface area contributed by atoms with Gasteiger partial charge >= 0.3 is 5.97 Å². The Kier molecular flexibility index (Phi) is 8.86. The smallest absolute Gasteiger partial charge is 0.325 e. The first-order valence-corrected chi connectivity index (χ1v) is 14.4. The van der Waals surface area contributed by atoms with Crippen LogP contribution in [0.15, 0.2) is 30.3 Å². The number of unbranched alkanes of at least 4 members (excludes halogenated alkanes) is 1. The van der Waals surface area contributed by atoms with Crippen LogP contribution in [0, 0.1) is 0 Å². The van der Waals surface area contributed by atoms with E-state index in [9.17, 15) is 9.90 Å². The summed E-state index contributed by atoms with van der Waals surface area (Å²) in [5.41, 5.74) is 5.02. The number of carboxylic acid groups (broad SMARTS) is 1. The zero-order valence-electron chi connectivity index (χ0n) is 23.6. The number of likely N-dealkylation sites (tertiary alicyclic amines) is 1. The Hall–Kier alpha value is -2.52. The van der Waals surface area contributed by atoms with Crippen LogP contribution in [0.3, 0.4) is 0 Å². The molecule has 1 saturated heterocycles. The average Bonchev–Trinajstić information content (AvgIpc) is 3.40. The molecule has 0 saturated carbocycles. The maximum atomic E-state index is 12.6. The number of fused-ring (bicyclic) bond motifs is 2. The SMILES string of the molecule is COC(C)(C)C1Cc2c(cccc2[C@H](C(=O)O)N2CC[C@@H](OCCCCc3ccc4c(n3)NCCC4)C2)CO1. The second-order valence-electron chi connectivity index (χ2n) is 11.6. The van der Waals surface area contributed by atoms with E-state index in [1.807, 2.05) is 32.0 Å². The van der Waals surface area contributed by atoms with Crippen LogP contribution in [0.1, 0.15) is 73.5 Å². The van der Waals surface area contributed by atoms with Crippen molar-refractivity contribution in [3.05, 3.63) is 58.3 Å².